The van der Waals surface area contributed by atoms with Crippen molar-refractivity contribution in [2.75, 3.05) is 0 Å². The molecule has 0 aliphatic rings. The van der Waals surface area contributed by atoms with Crippen LogP contribution in [0.3, 0.4) is 0 Å². The molecule has 0 aliphatic heterocycles. The van der Waals surface area contributed by atoms with Crippen molar-refractivity contribution in [3.8, 4) is 0 Å². The molecule has 0 fully saturated rings. The van der Waals surface area contributed by atoms with Crippen LogP contribution in [-0.2, 0) is 23.0 Å². The van der Waals surface area contributed by atoms with Crippen LogP contribution in [0, 0.1) is 3.57 Å². The van der Waals surface area contributed by atoms with Crippen molar-refractivity contribution in [1.29, 1.82) is 0 Å². The number of fused-ring (bicyclic) bond motifs is 1. The van der Waals surface area contributed by atoms with E-state index in [9.17, 15) is 13.0 Å². The average molecular weight is 531 g/mol. The number of unbranched alkanes of at least 4 members (excludes halogenated alkanes) is 8. The fraction of sp³-hybridized carbons (Fsp3) is 0.583. The molecule has 0 bridgehead atoms. The van der Waals surface area contributed by atoms with Crippen molar-refractivity contribution in [3.05, 3.63) is 39.0 Å². The Morgan fingerprint density at radius 2 is 1.24 bits per heavy atom. The van der Waals surface area contributed by atoms with Crippen molar-refractivity contribution in [2.24, 2.45) is 0 Å². The zero-order valence-corrected chi connectivity index (χ0v) is 20.8. The Labute approximate surface area is 190 Å². The van der Waals surface area contributed by atoms with Crippen LogP contribution in [0.5, 0.6) is 0 Å². The molecule has 0 unspecified atom stereocenters. The number of halogens is 1. The van der Waals surface area contributed by atoms with Crippen LogP contribution < -0.4 is 0 Å². The van der Waals surface area contributed by atoms with E-state index in [-0.39, 0.29) is 4.90 Å². The number of hydrogen-bond acceptors (Lipinski definition) is 2. The maximum atomic E-state index is 12.2. The molecular weight excluding hydrogens is 495 g/mol. The van der Waals surface area contributed by atoms with Gasteiger partial charge in [-0.15, -0.1) is 0 Å². The van der Waals surface area contributed by atoms with Crippen LogP contribution in [0.15, 0.2) is 29.2 Å². The van der Waals surface area contributed by atoms with E-state index in [2.05, 4.69) is 36.4 Å². The molecule has 1 N–H and O–H groups in total. The monoisotopic (exact) mass is 530 g/mol. The number of hydrogen-bond donors (Lipinski definition) is 1. The summed E-state index contributed by atoms with van der Waals surface area (Å²) in [6, 6.07) is 7.66. The Bertz CT molecular complexity index is 891. The number of rotatable bonds is 13. The Morgan fingerprint density at radius 3 is 1.76 bits per heavy atom. The Balaban J connectivity index is 2.44. The molecule has 0 atom stereocenters. The third-order valence-electron chi connectivity index (χ3n) is 5.64. The normalized spacial score (nSPS) is 12.0. The van der Waals surface area contributed by atoms with Gasteiger partial charge in [0.05, 0.1) is 0 Å². The summed E-state index contributed by atoms with van der Waals surface area (Å²) >= 11 is 2.14. The highest BCUT2D eigenvalue weighted by molar-refractivity contribution is 14.1. The van der Waals surface area contributed by atoms with Gasteiger partial charge in [0, 0.05) is 8.96 Å². The van der Waals surface area contributed by atoms with Gasteiger partial charge in [-0.05, 0) is 64.8 Å². The van der Waals surface area contributed by atoms with Gasteiger partial charge in [-0.25, -0.2) is 0 Å². The molecular formula is C24H35IO3S. The third kappa shape index (κ3) is 6.93. The lowest BCUT2D eigenvalue weighted by Gasteiger charge is -2.19. The second-order valence-corrected chi connectivity index (χ2v) is 10.4. The van der Waals surface area contributed by atoms with E-state index >= 15 is 0 Å². The molecule has 2 aromatic carbocycles. The van der Waals surface area contributed by atoms with E-state index < -0.39 is 10.1 Å². The molecule has 0 saturated heterocycles. The van der Waals surface area contributed by atoms with Crippen molar-refractivity contribution in [2.45, 2.75) is 95.8 Å². The lowest BCUT2D eigenvalue weighted by Crippen LogP contribution is -2.09. The van der Waals surface area contributed by atoms with Crippen LogP contribution >= 0.6 is 22.6 Å². The first-order valence-electron chi connectivity index (χ1n) is 11.1. The van der Waals surface area contributed by atoms with E-state index in [1.165, 1.54) is 50.5 Å². The summed E-state index contributed by atoms with van der Waals surface area (Å²) in [6.45, 7) is 4.43. The van der Waals surface area contributed by atoms with Gasteiger partial charge < -0.3 is 0 Å². The molecule has 0 aliphatic carbocycles. The topological polar surface area (TPSA) is 54.4 Å². The Morgan fingerprint density at radius 1 is 0.759 bits per heavy atom. The zero-order valence-electron chi connectivity index (χ0n) is 17.8. The minimum Gasteiger partial charge on any atom is -0.282 e. The van der Waals surface area contributed by atoms with Crippen LogP contribution in [0.2, 0.25) is 0 Å². The van der Waals surface area contributed by atoms with Gasteiger partial charge in [-0.2, -0.15) is 8.42 Å². The quantitative estimate of drug-likeness (QED) is 0.164. The third-order valence-corrected chi connectivity index (χ3v) is 8.14. The van der Waals surface area contributed by atoms with Crippen molar-refractivity contribution in [1.82, 2.24) is 0 Å². The smallest absolute Gasteiger partial charge is 0.282 e. The standard InChI is InChI=1S/C24H35IO3S/c1-3-5-7-9-11-15-19-20-16-13-14-18-22(20)24(29(26,27)28)23(25)21(19)17-12-10-8-6-4-2/h13-14,16,18H,3-12,15,17H2,1-2H3,(H,26,27,28). The summed E-state index contributed by atoms with van der Waals surface area (Å²) in [5.41, 5.74) is 2.41. The Hall–Kier alpha value is -0.660. The molecule has 0 radical (unpaired) electrons. The summed E-state index contributed by atoms with van der Waals surface area (Å²) in [4.78, 5) is 0.0898. The largest absolute Gasteiger partial charge is 0.296 e. The Kier molecular flexibility index (Phi) is 10.4. The molecule has 0 aromatic heterocycles. The van der Waals surface area contributed by atoms with Crippen LogP contribution in [0.25, 0.3) is 10.8 Å². The van der Waals surface area contributed by atoms with E-state index in [0.717, 1.165) is 43.1 Å². The summed E-state index contributed by atoms with van der Waals surface area (Å²) in [6.07, 6.45) is 13.8. The second kappa shape index (κ2) is 12.3. The van der Waals surface area contributed by atoms with Crippen LogP contribution in [-0.4, -0.2) is 13.0 Å². The lowest BCUT2D eigenvalue weighted by atomic mass is 9.91. The second-order valence-electron chi connectivity index (χ2n) is 7.95. The minimum atomic E-state index is -4.28. The molecule has 29 heavy (non-hydrogen) atoms. The molecule has 0 heterocycles. The van der Waals surface area contributed by atoms with Gasteiger partial charge in [0.15, 0.2) is 0 Å². The first kappa shape index (κ1) is 24.6. The van der Waals surface area contributed by atoms with Crippen LogP contribution in [0.1, 0.15) is 89.2 Å². The molecule has 0 amide bonds. The number of aryl methyl sites for hydroxylation is 1. The van der Waals surface area contributed by atoms with E-state index in [1.807, 2.05) is 24.3 Å². The molecule has 0 saturated carbocycles. The molecule has 3 nitrogen and oxygen atoms in total. The van der Waals surface area contributed by atoms with E-state index in [4.69, 9.17) is 0 Å². The molecule has 0 spiro atoms. The highest BCUT2D eigenvalue weighted by atomic mass is 127. The number of benzene rings is 2. The predicted molar refractivity (Wildman–Crippen MR) is 131 cm³/mol. The maximum Gasteiger partial charge on any atom is 0.296 e. The highest BCUT2D eigenvalue weighted by Gasteiger charge is 2.24. The zero-order chi connectivity index (χ0) is 21.3. The molecule has 2 aromatic rings. The van der Waals surface area contributed by atoms with Crippen molar-refractivity contribution < 1.29 is 13.0 Å². The summed E-state index contributed by atoms with van der Waals surface area (Å²) < 4.78 is 35.1. The molecule has 2 rings (SSSR count). The first-order valence-corrected chi connectivity index (χ1v) is 13.6. The van der Waals surface area contributed by atoms with Crippen molar-refractivity contribution >= 4 is 43.5 Å². The highest BCUT2D eigenvalue weighted by Crippen LogP contribution is 2.36. The molecule has 5 heteroatoms. The SMILES string of the molecule is CCCCCCCc1c(I)c(S(=O)(=O)O)c2ccccc2c1CCCCCCC. The summed E-state index contributed by atoms with van der Waals surface area (Å²) in [5, 5.41) is 1.64. The van der Waals surface area contributed by atoms with E-state index in [1.54, 1.807) is 0 Å². The fourth-order valence-corrected chi connectivity index (χ4v) is 6.63. The minimum absolute atomic E-state index is 0.0898. The lowest BCUT2D eigenvalue weighted by molar-refractivity contribution is 0.483. The maximum absolute atomic E-state index is 12.2. The summed E-state index contributed by atoms with van der Waals surface area (Å²) in [7, 11) is -4.28. The first-order chi connectivity index (χ1) is 13.9. The van der Waals surface area contributed by atoms with Gasteiger partial charge in [-0.1, -0.05) is 89.5 Å². The predicted octanol–water partition coefficient (Wildman–Crippen LogP) is 7.72. The van der Waals surface area contributed by atoms with Gasteiger partial charge in [0.25, 0.3) is 10.1 Å². The fourth-order valence-electron chi connectivity index (χ4n) is 4.10. The van der Waals surface area contributed by atoms with E-state index in [0.29, 0.717) is 8.96 Å². The average Bonchev–Trinajstić information content (AvgIpc) is 2.67. The molecule has 162 valence electrons. The summed E-state index contributed by atoms with van der Waals surface area (Å²) in [5.74, 6) is 0. The van der Waals surface area contributed by atoms with Gasteiger partial charge in [-0.3, -0.25) is 4.55 Å². The van der Waals surface area contributed by atoms with Gasteiger partial charge >= 0.3 is 0 Å². The van der Waals surface area contributed by atoms with Gasteiger partial charge in [0.1, 0.15) is 4.90 Å². The van der Waals surface area contributed by atoms with Crippen molar-refractivity contribution in [3.63, 3.8) is 0 Å². The van der Waals surface area contributed by atoms with Crippen LogP contribution in [0.4, 0.5) is 0 Å². The van der Waals surface area contributed by atoms with Gasteiger partial charge in [0.2, 0.25) is 0 Å².